The van der Waals surface area contributed by atoms with Crippen LogP contribution in [0.25, 0.3) is 0 Å². The predicted octanol–water partition coefficient (Wildman–Crippen LogP) is 5.12. The lowest BCUT2D eigenvalue weighted by atomic mass is 9.85. The standard InChI is InChI=1S/C24H29Cl3O5S/c1-24(31,12-28)13-32-23(30)22-7-4-17(33-22)3-6-18-19(21(29)11-20(18)27)5-2-14-8-15(25)10-16(26)9-14/h4,7-10,18-21,28-29,31H,2-3,5-6,11-13H2,1H3/t18-,19-,20-,21-,24?/m1/s1. The Balaban J connectivity index is 1.56. The third-order valence-corrected chi connectivity index (χ3v) is 8.17. The summed E-state index contributed by atoms with van der Waals surface area (Å²) in [6.07, 6.45) is 3.22. The van der Waals surface area contributed by atoms with E-state index in [0.29, 0.717) is 21.3 Å². The minimum atomic E-state index is -1.46. The molecule has 1 aromatic carbocycles. The van der Waals surface area contributed by atoms with Crippen LogP contribution in [0.3, 0.4) is 0 Å². The predicted molar refractivity (Wildman–Crippen MR) is 133 cm³/mol. The number of aryl methyl sites for hydroxylation is 2. The molecule has 0 saturated heterocycles. The van der Waals surface area contributed by atoms with Gasteiger partial charge in [-0.05, 0) is 86.8 Å². The zero-order chi connectivity index (χ0) is 24.2. The minimum Gasteiger partial charge on any atom is -0.458 e. The lowest BCUT2D eigenvalue weighted by molar-refractivity contribution is -0.0509. The van der Waals surface area contributed by atoms with Gasteiger partial charge in [-0.15, -0.1) is 22.9 Å². The molecule has 0 aliphatic heterocycles. The Morgan fingerprint density at radius 3 is 2.48 bits per heavy atom. The highest BCUT2D eigenvalue weighted by Crippen LogP contribution is 2.42. The first-order valence-corrected chi connectivity index (χ1v) is 12.9. The average molecular weight is 536 g/mol. The molecule has 5 nitrogen and oxygen atoms in total. The summed E-state index contributed by atoms with van der Waals surface area (Å²) in [6.45, 7) is 0.632. The highest BCUT2D eigenvalue weighted by molar-refractivity contribution is 7.13. The summed E-state index contributed by atoms with van der Waals surface area (Å²) >= 11 is 20.2. The van der Waals surface area contributed by atoms with Crippen molar-refractivity contribution >= 4 is 52.1 Å². The van der Waals surface area contributed by atoms with E-state index in [0.717, 1.165) is 36.1 Å². The van der Waals surface area contributed by atoms with E-state index in [1.807, 2.05) is 18.2 Å². The highest BCUT2D eigenvalue weighted by Gasteiger charge is 2.40. The number of alkyl halides is 1. The molecule has 9 heteroatoms. The van der Waals surface area contributed by atoms with Gasteiger partial charge in [-0.25, -0.2) is 4.79 Å². The molecule has 1 fully saturated rings. The fraction of sp³-hybridized carbons (Fsp3) is 0.542. The number of hydrogen-bond acceptors (Lipinski definition) is 6. The molecule has 0 bridgehead atoms. The smallest absolute Gasteiger partial charge is 0.348 e. The molecule has 1 aliphatic carbocycles. The van der Waals surface area contributed by atoms with Gasteiger partial charge < -0.3 is 20.1 Å². The van der Waals surface area contributed by atoms with Gasteiger partial charge in [0.05, 0.1) is 12.7 Å². The van der Waals surface area contributed by atoms with Gasteiger partial charge in [0.15, 0.2) is 0 Å². The van der Waals surface area contributed by atoms with E-state index < -0.39 is 24.3 Å². The molecule has 1 unspecified atom stereocenters. The van der Waals surface area contributed by atoms with Crippen molar-refractivity contribution in [3.05, 3.63) is 55.7 Å². The van der Waals surface area contributed by atoms with Gasteiger partial charge in [-0.2, -0.15) is 0 Å². The normalized spacial score (nSPS) is 24.6. The SMILES string of the molecule is CC(O)(CO)COC(=O)c1ccc(CC[C@@H]2[C@@H](CCc3cc(Cl)cc(Cl)c3)[C@H](O)C[C@H]2Cl)s1. The Morgan fingerprint density at radius 1 is 1.15 bits per heavy atom. The number of carbonyl (C=O) groups is 1. The zero-order valence-electron chi connectivity index (χ0n) is 18.3. The average Bonchev–Trinajstić information content (AvgIpc) is 3.32. The van der Waals surface area contributed by atoms with Gasteiger partial charge in [0, 0.05) is 20.3 Å². The second kappa shape index (κ2) is 11.7. The number of rotatable bonds is 10. The van der Waals surface area contributed by atoms with Crippen molar-refractivity contribution in [1.82, 2.24) is 0 Å². The van der Waals surface area contributed by atoms with Crippen molar-refractivity contribution in [3.8, 4) is 0 Å². The van der Waals surface area contributed by atoms with Gasteiger partial charge in [-0.3, -0.25) is 0 Å². The molecule has 5 atom stereocenters. The van der Waals surface area contributed by atoms with E-state index in [-0.39, 0.29) is 23.8 Å². The van der Waals surface area contributed by atoms with Crippen LogP contribution in [0.5, 0.6) is 0 Å². The van der Waals surface area contributed by atoms with Crippen LogP contribution < -0.4 is 0 Å². The van der Waals surface area contributed by atoms with E-state index in [9.17, 15) is 15.0 Å². The molecule has 1 saturated carbocycles. The first-order valence-electron chi connectivity index (χ1n) is 10.9. The molecule has 3 N–H and O–H groups in total. The van der Waals surface area contributed by atoms with Gasteiger partial charge in [0.2, 0.25) is 0 Å². The number of thiophene rings is 1. The van der Waals surface area contributed by atoms with Crippen molar-refractivity contribution < 1.29 is 24.9 Å². The van der Waals surface area contributed by atoms with Crippen LogP contribution in [0.15, 0.2) is 30.3 Å². The first-order chi connectivity index (χ1) is 15.6. The summed E-state index contributed by atoms with van der Waals surface area (Å²) in [5.74, 6) is -0.284. The van der Waals surface area contributed by atoms with Crippen LogP contribution in [0.2, 0.25) is 10.0 Å². The summed E-state index contributed by atoms with van der Waals surface area (Å²) in [6, 6.07) is 9.10. The van der Waals surface area contributed by atoms with Crippen LogP contribution >= 0.6 is 46.1 Å². The molecule has 0 spiro atoms. The molecule has 182 valence electrons. The number of hydrogen-bond donors (Lipinski definition) is 3. The Morgan fingerprint density at radius 2 is 1.82 bits per heavy atom. The Labute approximate surface area is 213 Å². The number of halogens is 3. The second-order valence-corrected chi connectivity index (χ2v) is 11.6. The van der Waals surface area contributed by atoms with Crippen LogP contribution in [0.4, 0.5) is 0 Å². The van der Waals surface area contributed by atoms with Gasteiger partial charge in [0.25, 0.3) is 0 Å². The number of carbonyl (C=O) groups excluding carboxylic acids is 1. The molecular formula is C24H29Cl3O5S. The van der Waals surface area contributed by atoms with Gasteiger partial charge >= 0.3 is 5.97 Å². The molecule has 1 heterocycles. The molecular weight excluding hydrogens is 507 g/mol. The molecule has 0 radical (unpaired) electrons. The van der Waals surface area contributed by atoms with Gasteiger partial charge in [0.1, 0.15) is 17.1 Å². The maximum Gasteiger partial charge on any atom is 0.348 e. The third kappa shape index (κ3) is 7.56. The topological polar surface area (TPSA) is 87.0 Å². The molecule has 3 rings (SSSR count). The Bertz CT molecular complexity index is 928. The molecule has 1 aliphatic rings. The van der Waals surface area contributed by atoms with Crippen LogP contribution in [-0.4, -0.2) is 51.6 Å². The van der Waals surface area contributed by atoms with Crippen LogP contribution in [0.1, 0.15) is 46.3 Å². The molecule has 33 heavy (non-hydrogen) atoms. The molecule has 2 aromatic rings. The van der Waals surface area contributed by atoms with Crippen molar-refractivity contribution in [2.75, 3.05) is 13.2 Å². The van der Waals surface area contributed by atoms with E-state index in [1.54, 1.807) is 12.1 Å². The second-order valence-electron chi connectivity index (χ2n) is 9.00. The van der Waals surface area contributed by atoms with Crippen LogP contribution in [-0.2, 0) is 17.6 Å². The summed E-state index contributed by atoms with van der Waals surface area (Å²) < 4.78 is 5.10. The maximum atomic E-state index is 12.2. The largest absolute Gasteiger partial charge is 0.458 e. The van der Waals surface area contributed by atoms with E-state index in [1.165, 1.54) is 18.3 Å². The quantitative estimate of drug-likeness (QED) is 0.290. The summed E-state index contributed by atoms with van der Waals surface area (Å²) in [7, 11) is 0. The molecule has 0 amide bonds. The first kappa shape index (κ1) is 26.7. The third-order valence-electron chi connectivity index (χ3n) is 6.11. The van der Waals surface area contributed by atoms with Crippen LogP contribution in [0, 0.1) is 11.8 Å². The van der Waals surface area contributed by atoms with Crippen molar-refractivity contribution in [1.29, 1.82) is 0 Å². The number of aliphatic hydroxyl groups excluding tert-OH is 2. The van der Waals surface area contributed by atoms with E-state index >= 15 is 0 Å². The molecule has 1 aromatic heterocycles. The van der Waals surface area contributed by atoms with Crippen molar-refractivity contribution in [3.63, 3.8) is 0 Å². The Hall–Kier alpha value is -0.860. The lowest BCUT2D eigenvalue weighted by Crippen LogP contribution is -2.35. The summed E-state index contributed by atoms with van der Waals surface area (Å²) in [4.78, 5) is 13.7. The number of benzene rings is 1. The van der Waals surface area contributed by atoms with Crippen molar-refractivity contribution in [2.45, 2.75) is 56.1 Å². The summed E-state index contributed by atoms with van der Waals surface area (Å²) in [5, 5.41) is 30.5. The zero-order valence-corrected chi connectivity index (χ0v) is 21.4. The monoisotopic (exact) mass is 534 g/mol. The number of esters is 1. The highest BCUT2D eigenvalue weighted by atomic mass is 35.5. The van der Waals surface area contributed by atoms with E-state index in [2.05, 4.69) is 0 Å². The Kier molecular flexibility index (Phi) is 9.49. The maximum absolute atomic E-state index is 12.2. The number of aliphatic hydroxyl groups is 3. The van der Waals surface area contributed by atoms with Gasteiger partial charge in [-0.1, -0.05) is 23.2 Å². The minimum absolute atomic E-state index is 0.0790. The fourth-order valence-corrected chi connectivity index (χ4v) is 6.28. The van der Waals surface area contributed by atoms with Crippen molar-refractivity contribution in [2.24, 2.45) is 11.8 Å². The fourth-order valence-electron chi connectivity index (χ4n) is 4.29. The number of ether oxygens (including phenoxy) is 1. The lowest BCUT2D eigenvalue weighted by Gasteiger charge is -2.23. The van der Waals surface area contributed by atoms with E-state index in [4.69, 9.17) is 44.6 Å². The summed E-state index contributed by atoms with van der Waals surface area (Å²) in [5.41, 5.74) is -0.419.